The van der Waals surface area contributed by atoms with Crippen LogP contribution in [0.5, 0.6) is 0 Å². The molecule has 0 saturated heterocycles. The average molecular weight is 521 g/mol. The van der Waals surface area contributed by atoms with Gasteiger partial charge in [-0.05, 0) is 48.6 Å². The molecule has 3 aromatic carbocycles. The Bertz CT molecular complexity index is 833. The fourth-order valence-corrected chi connectivity index (χ4v) is 6.92. The first-order valence-electron chi connectivity index (χ1n) is 13.8. The first-order chi connectivity index (χ1) is 17.7. The summed E-state index contributed by atoms with van der Waals surface area (Å²) in [5.41, 5.74) is 4.09. The van der Waals surface area contributed by atoms with Gasteiger partial charge in [0.25, 0.3) is 0 Å². The Morgan fingerprint density at radius 2 is 0.889 bits per heavy atom. The van der Waals surface area contributed by atoms with Crippen molar-refractivity contribution in [2.45, 2.75) is 69.0 Å². The van der Waals surface area contributed by atoms with Gasteiger partial charge in [-0.1, -0.05) is 142 Å². The summed E-state index contributed by atoms with van der Waals surface area (Å²) in [5, 5.41) is 0. The molecule has 36 heavy (non-hydrogen) atoms. The van der Waals surface area contributed by atoms with Gasteiger partial charge >= 0.3 is 0 Å². The number of hydrogen-bond donors (Lipinski definition) is 0. The first kappa shape index (κ1) is 29.0. The lowest BCUT2D eigenvalue weighted by Gasteiger charge is -2.35. The fourth-order valence-electron chi connectivity index (χ4n) is 4.86. The summed E-state index contributed by atoms with van der Waals surface area (Å²) in [6.45, 7) is 5.32. The molecule has 0 unspecified atom stereocenters. The van der Waals surface area contributed by atoms with E-state index in [1.165, 1.54) is 86.7 Å². The zero-order valence-corrected chi connectivity index (χ0v) is 24.1. The van der Waals surface area contributed by atoms with Crippen molar-refractivity contribution in [3.05, 3.63) is 108 Å². The van der Waals surface area contributed by atoms with Crippen LogP contribution in [0.2, 0.25) is 0 Å². The summed E-state index contributed by atoms with van der Waals surface area (Å²) in [5.74, 6) is 1.17. The molecule has 0 radical (unpaired) electrons. The smallest absolute Gasteiger partial charge is 0.0906 e. The Morgan fingerprint density at radius 3 is 1.28 bits per heavy atom. The molecule has 3 rings (SSSR count). The summed E-state index contributed by atoms with van der Waals surface area (Å²) >= 11 is 2.10. The number of thioether (sulfide) groups is 1. The van der Waals surface area contributed by atoms with Gasteiger partial charge in [-0.15, -0.1) is 11.8 Å². The number of unbranched alkanes of at least 4 members (excludes halogenated alkanes) is 9. The molecule has 0 amide bonds. The van der Waals surface area contributed by atoms with Crippen LogP contribution < -0.4 is 0 Å². The minimum absolute atomic E-state index is 0.176. The third kappa shape index (κ3) is 9.37. The summed E-state index contributed by atoms with van der Waals surface area (Å²) in [7, 11) is -0.184. The third-order valence-electron chi connectivity index (χ3n) is 6.75. The molecule has 0 aliphatic carbocycles. The van der Waals surface area contributed by atoms with Crippen molar-refractivity contribution in [2.24, 2.45) is 0 Å². The summed E-state index contributed by atoms with van der Waals surface area (Å²) in [6.07, 6.45) is 13.4. The van der Waals surface area contributed by atoms with Gasteiger partial charge in [0.05, 0.1) is 11.4 Å². The van der Waals surface area contributed by atoms with E-state index in [0.717, 1.165) is 6.61 Å². The highest BCUT2D eigenvalue weighted by Crippen LogP contribution is 2.48. The van der Waals surface area contributed by atoms with Crippen LogP contribution in [-0.4, -0.2) is 25.7 Å². The van der Waals surface area contributed by atoms with Gasteiger partial charge in [0.15, 0.2) is 0 Å². The highest BCUT2D eigenvalue weighted by Gasteiger charge is 2.36. The highest BCUT2D eigenvalue weighted by atomic mass is 32.2. The standard InChI is InChI=1S/C33H45OPS/c1-35(2)34-28-20-9-7-5-3-4-6-8-10-21-29-36-33(30-22-14-11-15-23-30,31-24-16-12-17-25-31)32-26-18-13-19-27-32/h11-19,22-27H,3-10,20-21,28-29H2,1-2H3. The Hall–Kier alpha value is -1.60. The number of hydrogen-bond acceptors (Lipinski definition) is 2. The molecule has 0 N–H and O–H groups in total. The minimum atomic E-state index is -0.184. The predicted molar refractivity (Wildman–Crippen MR) is 163 cm³/mol. The maximum atomic E-state index is 5.69. The van der Waals surface area contributed by atoms with E-state index in [4.69, 9.17) is 4.52 Å². The van der Waals surface area contributed by atoms with E-state index in [9.17, 15) is 0 Å². The molecule has 0 spiro atoms. The molecule has 3 aromatic rings. The fraction of sp³-hybridized carbons (Fsp3) is 0.455. The highest BCUT2D eigenvalue weighted by molar-refractivity contribution is 8.00. The lowest BCUT2D eigenvalue weighted by molar-refractivity contribution is 0.339. The van der Waals surface area contributed by atoms with E-state index < -0.39 is 0 Å². The molecule has 0 bridgehead atoms. The molecular weight excluding hydrogens is 475 g/mol. The predicted octanol–water partition coefficient (Wildman–Crippen LogP) is 10.3. The third-order valence-corrected chi connectivity index (χ3v) is 9.08. The molecule has 194 valence electrons. The zero-order chi connectivity index (χ0) is 25.3. The van der Waals surface area contributed by atoms with E-state index >= 15 is 0 Å². The van der Waals surface area contributed by atoms with Crippen LogP contribution in [-0.2, 0) is 9.27 Å². The van der Waals surface area contributed by atoms with Crippen LogP contribution in [0.25, 0.3) is 0 Å². The molecule has 3 heteroatoms. The Labute approximate surface area is 226 Å². The van der Waals surface area contributed by atoms with Crippen molar-refractivity contribution in [1.29, 1.82) is 0 Å². The van der Waals surface area contributed by atoms with Crippen LogP contribution >= 0.6 is 19.9 Å². The Balaban J connectivity index is 1.46. The second-order valence-electron chi connectivity index (χ2n) is 9.81. The van der Waals surface area contributed by atoms with Crippen LogP contribution in [0.15, 0.2) is 91.0 Å². The molecule has 1 nitrogen and oxygen atoms in total. The van der Waals surface area contributed by atoms with E-state index in [1.807, 2.05) is 0 Å². The van der Waals surface area contributed by atoms with E-state index in [0.29, 0.717) is 0 Å². The van der Waals surface area contributed by atoms with E-state index in [2.05, 4.69) is 116 Å². The van der Waals surface area contributed by atoms with Gasteiger partial charge < -0.3 is 4.52 Å². The molecule has 0 aliphatic rings. The largest absolute Gasteiger partial charge is 0.360 e. The molecule has 0 atom stereocenters. The van der Waals surface area contributed by atoms with E-state index in [1.54, 1.807) is 0 Å². The van der Waals surface area contributed by atoms with Gasteiger partial charge in [-0.2, -0.15) is 0 Å². The van der Waals surface area contributed by atoms with Gasteiger partial charge in [0, 0.05) is 8.15 Å². The second kappa shape index (κ2) is 17.0. The Kier molecular flexibility index (Phi) is 13.7. The monoisotopic (exact) mass is 520 g/mol. The summed E-state index contributed by atoms with van der Waals surface area (Å²) in [6, 6.07) is 33.2. The summed E-state index contributed by atoms with van der Waals surface area (Å²) in [4.78, 5) is 0. The van der Waals surface area contributed by atoms with Crippen LogP contribution in [0.4, 0.5) is 0 Å². The molecule has 0 aromatic heterocycles. The van der Waals surface area contributed by atoms with Crippen molar-refractivity contribution in [2.75, 3.05) is 25.7 Å². The van der Waals surface area contributed by atoms with Crippen molar-refractivity contribution in [1.82, 2.24) is 0 Å². The van der Waals surface area contributed by atoms with Gasteiger partial charge in [-0.3, -0.25) is 0 Å². The maximum absolute atomic E-state index is 5.69. The van der Waals surface area contributed by atoms with Gasteiger partial charge in [0.1, 0.15) is 0 Å². The van der Waals surface area contributed by atoms with Gasteiger partial charge in [-0.25, -0.2) is 0 Å². The lowest BCUT2D eigenvalue weighted by atomic mass is 9.84. The quantitative estimate of drug-likeness (QED) is 0.0937. The van der Waals surface area contributed by atoms with Crippen molar-refractivity contribution >= 4 is 19.9 Å². The molecular formula is C33H45OPS. The van der Waals surface area contributed by atoms with Crippen molar-refractivity contribution in [3.63, 3.8) is 0 Å². The molecule has 0 aliphatic heterocycles. The Morgan fingerprint density at radius 1 is 0.528 bits per heavy atom. The van der Waals surface area contributed by atoms with Crippen molar-refractivity contribution in [3.8, 4) is 0 Å². The molecule has 0 heterocycles. The average Bonchev–Trinajstić information content (AvgIpc) is 2.92. The molecule has 0 fully saturated rings. The number of benzene rings is 3. The summed E-state index contributed by atoms with van der Waals surface area (Å²) < 4.78 is 5.52. The lowest BCUT2D eigenvalue weighted by Crippen LogP contribution is -2.26. The minimum Gasteiger partial charge on any atom is -0.360 e. The van der Waals surface area contributed by atoms with Crippen LogP contribution in [0.3, 0.4) is 0 Å². The van der Waals surface area contributed by atoms with Crippen molar-refractivity contribution < 1.29 is 4.52 Å². The van der Waals surface area contributed by atoms with Gasteiger partial charge in [0.2, 0.25) is 0 Å². The first-order valence-corrected chi connectivity index (χ1v) is 17.0. The SMILES string of the molecule is CP(C)OCCCCCCCCCCCCSC(c1ccccc1)(c1ccccc1)c1ccccc1. The molecule has 0 saturated carbocycles. The van der Waals surface area contributed by atoms with Crippen LogP contribution in [0, 0.1) is 0 Å². The van der Waals surface area contributed by atoms with E-state index in [-0.39, 0.29) is 12.9 Å². The zero-order valence-electron chi connectivity index (χ0n) is 22.4. The normalized spacial score (nSPS) is 11.8. The van der Waals surface area contributed by atoms with Crippen LogP contribution in [0.1, 0.15) is 80.9 Å². The topological polar surface area (TPSA) is 9.23 Å². The maximum Gasteiger partial charge on any atom is 0.0906 e. The number of rotatable bonds is 18. The second-order valence-corrected chi connectivity index (χ2v) is 13.0.